The Morgan fingerprint density at radius 3 is 2.96 bits per heavy atom. The second-order valence-corrected chi connectivity index (χ2v) is 6.13. The Bertz CT molecular complexity index is 735. The summed E-state index contributed by atoms with van der Waals surface area (Å²) in [6, 6.07) is 3.97. The van der Waals surface area contributed by atoms with Gasteiger partial charge in [-0.2, -0.15) is 0 Å². The fraction of sp³-hybridized carbons (Fsp3) is 0.529. The Hall–Kier alpha value is -1.99. The van der Waals surface area contributed by atoms with Crippen LogP contribution in [-0.2, 0) is 26.1 Å². The van der Waals surface area contributed by atoms with Crippen molar-refractivity contribution in [3.8, 4) is 17.2 Å². The second kappa shape index (κ2) is 7.93. The maximum Gasteiger partial charge on any atom is 0.231 e. The van der Waals surface area contributed by atoms with Crippen LogP contribution in [0.5, 0.6) is 17.2 Å². The third kappa shape index (κ3) is 3.67. The van der Waals surface area contributed by atoms with Crippen LogP contribution in [0.3, 0.4) is 0 Å². The molecule has 0 saturated heterocycles. The van der Waals surface area contributed by atoms with Crippen molar-refractivity contribution in [3.05, 3.63) is 29.3 Å². The highest BCUT2D eigenvalue weighted by Crippen LogP contribution is 2.41. The number of hydrogen-bond acceptors (Lipinski definition) is 6. The number of aryl methyl sites for hydroxylation is 1. The van der Waals surface area contributed by atoms with E-state index < -0.39 is 0 Å². The van der Waals surface area contributed by atoms with Crippen LogP contribution < -0.4 is 19.5 Å². The van der Waals surface area contributed by atoms with Gasteiger partial charge in [0.25, 0.3) is 0 Å². The molecule has 0 bridgehead atoms. The lowest BCUT2D eigenvalue weighted by atomic mass is 10.2. The summed E-state index contributed by atoms with van der Waals surface area (Å²) in [5, 5.41) is 12.1. The van der Waals surface area contributed by atoms with Gasteiger partial charge >= 0.3 is 0 Å². The number of ether oxygens (including phenoxy) is 3. The Morgan fingerprint density at radius 2 is 2.08 bits per heavy atom. The van der Waals surface area contributed by atoms with Gasteiger partial charge in [-0.25, -0.2) is 0 Å². The highest BCUT2D eigenvalue weighted by Gasteiger charge is 2.20. The highest BCUT2D eigenvalue weighted by molar-refractivity contribution is 5.85. The van der Waals surface area contributed by atoms with Gasteiger partial charge in [0.2, 0.25) is 12.5 Å². The molecule has 7 nitrogen and oxygen atoms in total. The van der Waals surface area contributed by atoms with Crippen LogP contribution in [-0.4, -0.2) is 28.7 Å². The summed E-state index contributed by atoms with van der Waals surface area (Å²) < 4.78 is 18.5. The molecule has 2 aromatic rings. The molecule has 0 amide bonds. The molecule has 8 heteroatoms. The lowest BCUT2D eigenvalue weighted by molar-refractivity contribution is 0.171. The number of benzene rings is 1. The number of aromatic nitrogens is 3. The normalized spacial score (nSPS) is 15.2. The first-order chi connectivity index (χ1) is 11.8. The Labute approximate surface area is 153 Å². The minimum Gasteiger partial charge on any atom is -0.493 e. The minimum absolute atomic E-state index is 0. The van der Waals surface area contributed by atoms with Gasteiger partial charge in [-0.3, -0.25) is 0 Å². The third-order valence-electron chi connectivity index (χ3n) is 4.52. The van der Waals surface area contributed by atoms with Gasteiger partial charge in [-0.1, -0.05) is 6.42 Å². The van der Waals surface area contributed by atoms with Crippen molar-refractivity contribution in [2.75, 3.05) is 13.9 Å². The summed E-state index contributed by atoms with van der Waals surface area (Å²) in [6.45, 7) is 2.67. The van der Waals surface area contributed by atoms with Crippen molar-refractivity contribution >= 4 is 12.4 Å². The molecule has 1 N–H and O–H groups in total. The molecule has 0 radical (unpaired) electrons. The van der Waals surface area contributed by atoms with E-state index in [2.05, 4.69) is 20.1 Å². The lowest BCUT2D eigenvalue weighted by Crippen LogP contribution is -2.17. The fourth-order valence-electron chi connectivity index (χ4n) is 3.28. The Morgan fingerprint density at radius 1 is 1.16 bits per heavy atom. The zero-order chi connectivity index (χ0) is 16.4. The van der Waals surface area contributed by atoms with Gasteiger partial charge in [-0.15, -0.1) is 22.6 Å². The molecule has 136 valence electrons. The van der Waals surface area contributed by atoms with Crippen LogP contribution in [0, 0.1) is 0 Å². The summed E-state index contributed by atoms with van der Waals surface area (Å²) in [5.41, 5.74) is 1.09. The van der Waals surface area contributed by atoms with E-state index in [1.54, 1.807) is 7.11 Å². The SMILES string of the molecule is COc1cc(CNCc2nnc3n2CCCCC3)cc2c1OCO2.Cl. The first-order valence-electron chi connectivity index (χ1n) is 8.43. The van der Waals surface area contributed by atoms with Crippen molar-refractivity contribution in [3.63, 3.8) is 0 Å². The lowest BCUT2D eigenvalue weighted by Gasteiger charge is -2.10. The highest BCUT2D eigenvalue weighted by atomic mass is 35.5. The molecular weight excluding hydrogens is 344 g/mol. The van der Waals surface area contributed by atoms with Crippen molar-refractivity contribution in [1.82, 2.24) is 20.1 Å². The molecular formula is C17H23ClN4O3. The van der Waals surface area contributed by atoms with Gasteiger partial charge in [0.15, 0.2) is 11.5 Å². The van der Waals surface area contributed by atoms with Crippen LogP contribution >= 0.6 is 12.4 Å². The van der Waals surface area contributed by atoms with Gasteiger partial charge in [-0.05, 0) is 30.5 Å². The van der Waals surface area contributed by atoms with Gasteiger partial charge < -0.3 is 24.1 Å². The van der Waals surface area contributed by atoms with E-state index in [1.165, 1.54) is 19.3 Å². The summed E-state index contributed by atoms with van der Waals surface area (Å²) in [7, 11) is 1.64. The zero-order valence-corrected chi connectivity index (χ0v) is 15.1. The van der Waals surface area contributed by atoms with Crippen LogP contribution in [0.2, 0.25) is 0 Å². The maximum absolute atomic E-state index is 5.47. The van der Waals surface area contributed by atoms with E-state index in [0.29, 0.717) is 24.6 Å². The Kier molecular flexibility index (Phi) is 5.65. The van der Waals surface area contributed by atoms with Gasteiger partial charge in [0.05, 0.1) is 13.7 Å². The summed E-state index contributed by atoms with van der Waals surface area (Å²) in [4.78, 5) is 0. The van der Waals surface area contributed by atoms with Crippen LogP contribution in [0.25, 0.3) is 0 Å². The first kappa shape index (κ1) is 17.8. The molecule has 0 aliphatic carbocycles. The molecule has 0 atom stereocenters. The molecule has 1 aromatic carbocycles. The van der Waals surface area contributed by atoms with Crippen LogP contribution in [0.1, 0.15) is 36.5 Å². The van der Waals surface area contributed by atoms with Crippen molar-refractivity contribution in [2.45, 2.75) is 45.3 Å². The maximum atomic E-state index is 5.47. The minimum atomic E-state index is 0. The van der Waals surface area contributed by atoms with Gasteiger partial charge in [0, 0.05) is 19.5 Å². The second-order valence-electron chi connectivity index (χ2n) is 6.13. The first-order valence-corrected chi connectivity index (χ1v) is 8.43. The summed E-state index contributed by atoms with van der Waals surface area (Å²) in [6.07, 6.45) is 4.72. The average Bonchev–Trinajstić information content (AvgIpc) is 3.15. The molecule has 0 saturated carbocycles. The molecule has 3 heterocycles. The van der Waals surface area contributed by atoms with Crippen LogP contribution in [0.15, 0.2) is 12.1 Å². The predicted molar refractivity (Wildman–Crippen MR) is 94.5 cm³/mol. The number of rotatable bonds is 5. The summed E-state index contributed by atoms with van der Waals surface area (Å²) >= 11 is 0. The summed E-state index contributed by atoms with van der Waals surface area (Å²) in [5.74, 6) is 4.26. The molecule has 25 heavy (non-hydrogen) atoms. The monoisotopic (exact) mass is 366 g/mol. The molecule has 1 aromatic heterocycles. The average molecular weight is 367 g/mol. The smallest absolute Gasteiger partial charge is 0.231 e. The number of fused-ring (bicyclic) bond motifs is 2. The van der Waals surface area contributed by atoms with E-state index >= 15 is 0 Å². The van der Waals surface area contributed by atoms with E-state index in [9.17, 15) is 0 Å². The molecule has 4 rings (SSSR count). The largest absolute Gasteiger partial charge is 0.493 e. The number of halogens is 1. The topological polar surface area (TPSA) is 70.4 Å². The molecule has 0 fully saturated rings. The molecule has 2 aliphatic heterocycles. The van der Waals surface area contributed by atoms with E-state index in [4.69, 9.17) is 14.2 Å². The number of nitrogens with zero attached hydrogens (tertiary/aromatic N) is 3. The van der Waals surface area contributed by atoms with Crippen LogP contribution in [0.4, 0.5) is 0 Å². The van der Waals surface area contributed by atoms with Crippen molar-refractivity contribution in [1.29, 1.82) is 0 Å². The predicted octanol–water partition coefficient (Wildman–Crippen LogP) is 2.45. The third-order valence-corrected chi connectivity index (χ3v) is 4.52. The zero-order valence-electron chi connectivity index (χ0n) is 14.3. The van der Waals surface area contributed by atoms with E-state index in [-0.39, 0.29) is 19.2 Å². The van der Waals surface area contributed by atoms with E-state index in [1.807, 2.05) is 12.1 Å². The van der Waals surface area contributed by atoms with E-state index in [0.717, 1.165) is 35.9 Å². The van der Waals surface area contributed by atoms with Crippen molar-refractivity contribution < 1.29 is 14.2 Å². The molecule has 0 spiro atoms. The Balaban J connectivity index is 0.00000182. The number of methoxy groups -OCH3 is 1. The molecule has 2 aliphatic rings. The fourth-order valence-corrected chi connectivity index (χ4v) is 3.28. The number of hydrogen-bond donors (Lipinski definition) is 1. The number of nitrogens with one attached hydrogen (secondary N) is 1. The van der Waals surface area contributed by atoms with Crippen molar-refractivity contribution in [2.24, 2.45) is 0 Å². The van der Waals surface area contributed by atoms with Gasteiger partial charge in [0.1, 0.15) is 11.6 Å². The quantitative estimate of drug-likeness (QED) is 0.876. The molecule has 0 unspecified atom stereocenters. The standard InChI is InChI=1S/C17H22N4O3.ClH/c1-22-13-7-12(8-14-17(13)24-11-23-14)9-18-10-16-20-19-15-5-3-2-4-6-21(15)16;/h7-8,18H,2-6,9-11H2,1H3;1H.